The van der Waals surface area contributed by atoms with E-state index < -0.39 is 0 Å². The molecule has 1 spiro atoms. The zero-order valence-electron chi connectivity index (χ0n) is 8.64. The third-order valence-corrected chi connectivity index (χ3v) is 3.42. The summed E-state index contributed by atoms with van der Waals surface area (Å²) in [6, 6.07) is 0. The van der Waals surface area contributed by atoms with Crippen LogP contribution >= 0.6 is 0 Å². The highest BCUT2D eigenvalue weighted by Gasteiger charge is 2.48. The van der Waals surface area contributed by atoms with Crippen LogP contribution < -0.4 is 5.32 Å². The van der Waals surface area contributed by atoms with Crippen LogP contribution in [0.1, 0.15) is 39.0 Å². The summed E-state index contributed by atoms with van der Waals surface area (Å²) < 4.78 is 5.78. The Morgan fingerprint density at radius 3 is 2.62 bits per heavy atom. The fraction of sp³-hybridized carbons (Fsp3) is 1.00. The SMILES string of the molecule is CCCCCOC1CC2(CNC2)C1. The zero-order chi connectivity index (χ0) is 9.15. The molecular formula is C11H21NO. The smallest absolute Gasteiger partial charge is 0.0587 e. The maximum atomic E-state index is 5.78. The van der Waals surface area contributed by atoms with Gasteiger partial charge in [-0.3, -0.25) is 0 Å². The fourth-order valence-electron chi connectivity index (χ4n) is 2.39. The van der Waals surface area contributed by atoms with Crippen molar-refractivity contribution in [1.82, 2.24) is 5.32 Å². The molecule has 0 aromatic rings. The third-order valence-electron chi connectivity index (χ3n) is 3.42. The second-order valence-electron chi connectivity index (χ2n) is 4.71. The van der Waals surface area contributed by atoms with Crippen molar-refractivity contribution in [3.8, 4) is 0 Å². The Hall–Kier alpha value is -0.0800. The van der Waals surface area contributed by atoms with Crippen molar-refractivity contribution in [2.45, 2.75) is 45.1 Å². The predicted octanol–water partition coefficient (Wildman–Crippen LogP) is 1.95. The Morgan fingerprint density at radius 2 is 2.08 bits per heavy atom. The van der Waals surface area contributed by atoms with Gasteiger partial charge in [0.1, 0.15) is 0 Å². The number of unbranched alkanes of at least 4 members (excludes halogenated alkanes) is 2. The van der Waals surface area contributed by atoms with Crippen LogP contribution in [-0.4, -0.2) is 25.8 Å². The van der Waals surface area contributed by atoms with Gasteiger partial charge in [-0.2, -0.15) is 0 Å². The minimum Gasteiger partial charge on any atom is -0.378 e. The zero-order valence-corrected chi connectivity index (χ0v) is 8.64. The lowest BCUT2D eigenvalue weighted by atomic mass is 9.63. The monoisotopic (exact) mass is 183 g/mol. The van der Waals surface area contributed by atoms with E-state index in [1.807, 2.05) is 0 Å². The summed E-state index contributed by atoms with van der Waals surface area (Å²) in [5, 5.41) is 3.35. The highest BCUT2D eigenvalue weighted by atomic mass is 16.5. The van der Waals surface area contributed by atoms with Crippen LogP contribution in [0.4, 0.5) is 0 Å². The number of ether oxygens (including phenoxy) is 1. The van der Waals surface area contributed by atoms with Crippen LogP contribution in [0.25, 0.3) is 0 Å². The van der Waals surface area contributed by atoms with Crippen LogP contribution in [0.2, 0.25) is 0 Å². The van der Waals surface area contributed by atoms with Gasteiger partial charge in [0.25, 0.3) is 0 Å². The standard InChI is InChI=1S/C11H21NO/c1-2-3-4-5-13-10-6-11(7-10)8-12-9-11/h10,12H,2-9H2,1H3. The molecule has 2 aliphatic rings. The molecule has 1 aliphatic heterocycles. The molecule has 2 rings (SSSR count). The average molecular weight is 183 g/mol. The minimum atomic E-state index is 0.596. The van der Waals surface area contributed by atoms with E-state index in [2.05, 4.69) is 12.2 Å². The number of hydrogen-bond donors (Lipinski definition) is 1. The van der Waals surface area contributed by atoms with Gasteiger partial charge in [-0.1, -0.05) is 19.8 Å². The molecule has 0 aromatic carbocycles. The van der Waals surface area contributed by atoms with Gasteiger partial charge in [-0.25, -0.2) is 0 Å². The lowest BCUT2D eigenvalue weighted by Crippen LogP contribution is -2.62. The molecule has 0 radical (unpaired) electrons. The van der Waals surface area contributed by atoms with Crippen molar-refractivity contribution < 1.29 is 4.74 Å². The molecule has 2 nitrogen and oxygen atoms in total. The summed E-state index contributed by atoms with van der Waals surface area (Å²) in [6.07, 6.45) is 7.08. The molecule has 13 heavy (non-hydrogen) atoms. The molecule has 1 saturated heterocycles. The predicted molar refractivity (Wildman–Crippen MR) is 53.8 cm³/mol. The summed E-state index contributed by atoms with van der Waals surface area (Å²) in [6.45, 7) is 5.70. The third kappa shape index (κ3) is 2.05. The van der Waals surface area contributed by atoms with E-state index in [1.54, 1.807) is 0 Å². The van der Waals surface area contributed by atoms with E-state index in [4.69, 9.17) is 4.74 Å². The highest BCUT2D eigenvalue weighted by Crippen LogP contribution is 2.45. The maximum absolute atomic E-state index is 5.78. The molecule has 2 heteroatoms. The van der Waals surface area contributed by atoms with E-state index in [0.717, 1.165) is 6.61 Å². The first-order valence-electron chi connectivity index (χ1n) is 5.67. The highest BCUT2D eigenvalue weighted by molar-refractivity contribution is 5.03. The molecule has 1 aliphatic carbocycles. The summed E-state index contributed by atoms with van der Waals surface area (Å²) in [7, 11) is 0. The summed E-state index contributed by atoms with van der Waals surface area (Å²) >= 11 is 0. The Labute approximate surface area is 81.0 Å². The summed E-state index contributed by atoms with van der Waals surface area (Å²) in [4.78, 5) is 0. The van der Waals surface area contributed by atoms with Crippen LogP contribution in [0.15, 0.2) is 0 Å². The van der Waals surface area contributed by atoms with Gasteiger partial charge in [-0.15, -0.1) is 0 Å². The molecule has 76 valence electrons. The average Bonchev–Trinajstić information content (AvgIpc) is 1.97. The van der Waals surface area contributed by atoms with Crippen molar-refractivity contribution in [2.24, 2.45) is 5.41 Å². The van der Waals surface area contributed by atoms with E-state index in [-0.39, 0.29) is 0 Å². The lowest BCUT2D eigenvalue weighted by Gasteiger charge is -2.54. The largest absolute Gasteiger partial charge is 0.378 e. The van der Waals surface area contributed by atoms with E-state index >= 15 is 0 Å². The maximum Gasteiger partial charge on any atom is 0.0587 e. The molecule has 0 unspecified atom stereocenters. The van der Waals surface area contributed by atoms with E-state index in [9.17, 15) is 0 Å². The molecule has 0 amide bonds. The molecule has 0 aromatic heterocycles. The molecule has 1 N–H and O–H groups in total. The van der Waals surface area contributed by atoms with Gasteiger partial charge in [-0.05, 0) is 19.3 Å². The van der Waals surface area contributed by atoms with Crippen molar-refractivity contribution in [3.05, 3.63) is 0 Å². The first-order valence-corrected chi connectivity index (χ1v) is 5.67. The molecule has 2 fully saturated rings. The molecule has 0 atom stereocenters. The first kappa shape index (κ1) is 9.47. The quantitative estimate of drug-likeness (QED) is 0.658. The Kier molecular flexibility index (Phi) is 2.89. The van der Waals surface area contributed by atoms with Crippen molar-refractivity contribution >= 4 is 0 Å². The first-order chi connectivity index (χ1) is 6.35. The summed E-state index contributed by atoms with van der Waals surface area (Å²) in [5.74, 6) is 0. The van der Waals surface area contributed by atoms with E-state index in [0.29, 0.717) is 11.5 Å². The second kappa shape index (κ2) is 3.97. The van der Waals surface area contributed by atoms with Crippen molar-refractivity contribution in [3.63, 3.8) is 0 Å². The lowest BCUT2D eigenvalue weighted by molar-refractivity contribution is -0.103. The Balaban J connectivity index is 1.49. The van der Waals surface area contributed by atoms with Crippen molar-refractivity contribution in [2.75, 3.05) is 19.7 Å². The van der Waals surface area contributed by atoms with Gasteiger partial charge >= 0.3 is 0 Å². The number of hydrogen-bond acceptors (Lipinski definition) is 2. The fourth-order valence-corrected chi connectivity index (χ4v) is 2.39. The Bertz CT molecular complexity index is 157. The Morgan fingerprint density at radius 1 is 1.31 bits per heavy atom. The second-order valence-corrected chi connectivity index (χ2v) is 4.71. The van der Waals surface area contributed by atoms with E-state index in [1.165, 1.54) is 45.2 Å². The van der Waals surface area contributed by atoms with Gasteiger partial charge in [0.15, 0.2) is 0 Å². The molecule has 1 heterocycles. The van der Waals surface area contributed by atoms with Gasteiger partial charge in [0, 0.05) is 25.1 Å². The van der Waals surface area contributed by atoms with Crippen LogP contribution in [-0.2, 0) is 4.74 Å². The molecule has 0 bridgehead atoms. The normalized spacial score (nSPS) is 25.6. The number of rotatable bonds is 5. The molecular weight excluding hydrogens is 162 g/mol. The topological polar surface area (TPSA) is 21.3 Å². The van der Waals surface area contributed by atoms with Gasteiger partial charge in [0.05, 0.1) is 6.10 Å². The van der Waals surface area contributed by atoms with Crippen LogP contribution in [0, 0.1) is 5.41 Å². The minimum absolute atomic E-state index is 0.596. The van der Waals surface area contributed by atoms with Crippen LogP contribution in [0.3, 0.4) is 0 Å². The van der Waals surface area contributed by atoms with Crippen molar-refractivity contribution in [1.29, 1.82) is 0 Å². The summed E-state index contributed by atoms with van der Waals surface area (Å²) in [5.41, 5.74) is 0.676. The van der Waals surface area contributed by atoms with Crippen LogP contribution in [0.5, 0.6) is 0 Å². The number of nitrogens with one attached hydrogen (secondary N) is 1. The molecule has 1 saturated carbocycles. The van der Waals surface area contributed by atoms with Gasteiger partial charge < -0.3 is 10.1 Å². The van der Waals surface area contributed by atoms with Gasteiger partial charge in [0.2, 0.25) is 0 Å².